The standard InChI is InChI=1S/C12H25N3/c1-9(2)15(5)8-11-6-7-12(14-11)10(3)13-4/h9,11-14H,3,6-8H2,1-2,4-5H3. The Morgan fingerprint density at radius 1 is 1.53 bits per heavy atom. The summed E-state index contributed by atoms with van der Waals surface area (Å²) in [4.78, 5) is 2.39. The predicted molar refractivity (Wildman–Crippen MR) is 65.9 cm³/mol. The van der Waals surface area contributed by atoms with Crippen LogP contribution in [-0.4, -0.2) is 43.7 Å². The first kappa shape index (κ1) is 12.5. The maximum atomic E-state index is 4.02. The maximum Gasteiger partial charge on any atom is 0.0466 e. The molecule has 1 rings (SSSR count). The summed E-state index contributed by atoms with van der Waals surface area (Å²) < 4.78 is 0. The summed E-state index contributed by atoms with van der Waals surface area (Å²) in [6.45, 7) is 9.62. The minimum Gasteiger partial charge on any atom is -0.391 e. The van der Waals surface area contributed by atoms with E-state index in [2.05, 4.69) is 43.0 Å². The first-order valence-corrected chi connectivity index (χ1v) is 5.87. The lowest BCUT2D eigenvalue weighted by Crippen LogP contribution is -2.42. The van der Waals surface area contributed by atoms with Gasteiger partial charge in [-0.15, -0.1) is 0 Å². The zero-order valence-electron chi connectivity index (χ0n) is 10.5. The Hall–Kier alpha value is -0.540. The quantitative estimate of drug-likeness (QED) is 0.715. The van der Waals surface area contributed by atoms with Gasteiger partial charge in [0.05, 0.1) is 0 Å². The molecule has 0 amide bonds. The normalized spacial score (nSPS) is 26.3. The highest BCUT2D eigenvalue weighted by Crippen LogP contribution is 2.17. The first-order valence-electron chi connectivity index (χ1n) is 5.87. The molecule has 15 heavy (non-hydrogen) atoms. The molecule has 0 aromatic heterocycles. The van der Waals surface area contributed by atoms with Gasteiger partial charge in [0.25, 0.3) is 0 Å². The van der Waals surface area contributed by atoms with E-state index in [0.29, 0.717) is 18.1 Å². The molecule has 0 radical (unpaired) electrons. The molecule has 0 bridgehead atoms. The third-order valence-corrected chi connectivity index (χ3v) is 3.37. The zero-order chi connectivity index (χ0) is 11.4. The highest BCUT2D eigenvalue weighted by Gasteiger charge is 2.26. The number of nitrogens with one attached hydrogen (secondary N) is 2. The Morgan fingerprint density at radius 3 is 2.73 bits per heavy atom. The molecule has 2 N–H and O–H groups in total. The lowest BCUT2D eigenvalue weighted by atomic mass is 10.1. The van der Waals surface area contributed by atoms with E-state index >= 15 is 0 Å². The van der Waals surface area contributed by atoms with E-state index in [4.69, 9.17) is 0 Å². The van der Waals surface area contributed by atoms with E-state index in [0.717, 1.165) is 12.2 Å². The van der Waals surface area contributed by atoms with Crippen LogP contribution >= 0.6 is 0 Å². The third-order valence-electron chi connectivity index (χ3n) is 3.37. The van der Waals surface area contributed by atoms with Gasteiger partial charge in [-0.3, -0.25) is 0 Å². The van der Waals surface area contributed by atoms with Crippen LogP contribution in [0.2, 0.25) is 0 Å². The summed E-state index contributed by atoms with van der Waals surface area (Å²) in [5.41, 5.74) is 1.12. The van der Waals surface area contributed by atoms with Gasteiger partial charge < -0.3 is 15.5 Å². The molecule has 1 aliphatic heterocycles. The number of likely N-dealkylation sites (N-methyl/N-ethyl adjacent to an activating group) is 2. The summed E-state index contributed by atoms with van der Waals surface area (Å²) in [5.74, 6) is 0. The third kappa shape index (κ3) is 3.50. The molecule has 1 heterocycles. The summed E-state index contributed by atoms with van der Waals surface area (Å²) in [6, 6.07) is 1.70. The van der Waals surface area contributed by atoms with E-state index in [-0.39, 0.29) is 0 Å². The van der Waals surface area contributed by atoms with Gasteiger partial charge in [0.1, 0.15) is 0 Å². The highest BCUT2D eigenvalue weighted by molar-refractivity contribution is 5.06. The van der Waals surface area contributed by atoms with Crippen molar-refractivity contribution in [3.63, 3.8) is 0 Å². The molecule has 2 unspecified atom stereocenters. The molecular weight excluding hydrogens is 186 g/mol. The fourth-order valence-corrected chi connectivity index (χ4v) is 1.97. The van der Waals surface area contributed by atoms with Crippen molar-refractivity contribution in [1.82, 2.24) is 15.5 Å². The summed E-state index contributed by atoms with van der Waals surface area (Å²) >= 11 is 0. The van der Waals surface area contributed by atoms with Gasteiger partial charge in [-0.25, -0.2) is 0 Å². The van der Waals surface area contributed by atoms with Crippen LogP contribution in [0.1, 0.15) is 26.7 Å². The topological polar surface area (TPSA) is 27.3 Å². The average Bonchev–Trinajstić information content (AvgIpc) is 2.65. The Kier molecular flexibility index (Phi) is 4.61. The van der Waals surface area contributed by atoms with Crippen LogP contribution in [0.25, 0.3) is 0 Å². The van der Waals surface area contributed by atoms with Crippen molar-refractivity contribution >= 4 is 0 Å². The van der Waals surface area contributed by atoms with Crippen LogP contribution in [0.15, 0.2) is 12.3 Å². The van der Waals surface area contributed by atoms with Gasteiger partial charge >= 0.3 is 0 Å². The van der Waals surface area contributed by atoms with Crippen LogP contribution in [0.3, 0.4) is 0 Å². The molecular formula is C12H25N3. The Balaban J connectivity index is 2.33. The second-order valence-corrected chi connectivity index (χ2v) is 4.80. The molecule has 0 saturated carbocycles. The van der Waals surface area contributed by atoms with Gasteiger partial charge in [0.2, 0.25) is 0 Å². The van der Waals surface area contributed by atoms with E-state index in [9.17, 15) is 0 Å². The van der Waals surface area contributed by atoms with Crippen molar-refractivity contribution in [2.45, 2.75) is 44.8 Å². The number of rotatable bonds is 5. The largest absolute Gasteiger partial charge is 0.391 e. The van der Waals surface area contributed by atoms with Crippen molar-refractivity contribution in [3.8, 4) is 0 Å². The minimum atomic E-state index is 0.459. The van der Waals surface area contributed by atoms with Crippen molar-refractivity contribution in [2.24, 2.45) is 0 Å². The molecule has 0 aromatic carbocycles. The Labute approximate surface area is 93.9 Å². The fraction of sp³-hybridized carbons (Fsp3) is 0.833. The van der Waals surface area contributed by atoms with Crippen LogP contribution in [-0.2, 0) is 0 Å². The molecule has 1 fully saturated rings. The lowest BCUT2D eigenvalue weighted by molar-refractivity contribution is 0.247. The molecule has 88 valence electrons. The van der Waals surface area contributed by atoms with Gasteiger partial charge in [0, 0.05) is 37.4 Å². The van der Waals surface area contributed by atoms with E-state index in [1.807, 2.05) is 7.05 Å². The second kappa shape index (κ2) is 5.52. The second-order valence-electron chi connectivity index (χ2n) is 4.80. The van der Waals surface area contributed by atoms with Crippen LogP contribution in [0.4, 0.5) is 0 Å². The minimum absolute atomic E-state index is 0.459. The molecule has 1 aliphatic rings. The molecule has 0 aromatic rings. The van der Waals surface area contributed by atoms with E-state index in [1.165, 1.54) is 12.8 Å². The molecule has 3 nitrogen and oxygen atoms in total. The summed E-state index contributed by atoms with van der Waals surface area (Å²) in [6.07, 6.45) is 2.46. The molecule has 0 aliphatic carbocycles. The lowest BCUT2D eigenvalue weighted by Gasteiger charge is -2.25. The van der Waals surface area contributed by atoms with Crippen molar-refractivity contribution in [1.29, 1.82) is 0 Å². The molecule has 2 atom stereocenters. The molecule has 3 heteroatoms. The number of hydrogen-bond acceptors (Lipinski definition) is 3. The van der Waals surface area contributed by atoms with E-state index in [1.54, 1.807) is 0 Å². The smallest absolute Gasteiger partial charge is 0.0466 e. The average molecular weight is 211 g/mol. The van der Waals surface area contributed by atoms with E-state index < -0.39 is 0 Å². The number of hydrogen-bond donors (Lipinski definition) is 2. The SMILES string of the molecule is C=C(NC)C1CCC(CN(C)C(C)C)N1. The summed E-state index contributed by atoms with van der Waals surface area (Å²) in [5, 5.41) is 6.76. The molecule has 1 saturated heterocycles. The molecule has 0 spiro atoms. The Morgan fingerprint density at radius 2 is 2.20 bits per heavy atom. The van der Waals surface area contributed by atoms with Gasteiger partial charge in [-0.1, -0.05) is 6.58 Å². The summed E-state index contributed by atoms with van der Waals surface area (Å²) in [7, 11) is 4.13. The van der Waals surface area contributed by atoms with Crippen LogP contribution < -0.4 is 10.6 Å². The van der Waals surface area contributed by atoms with Gasteiger partial charge in [-0.2, -0.15) is 0 Å². The van der Waals surface area contributed by atoms with Crippen LogP contribution in [0.5, 0.6) is 0 Å². The maximum absolute atomic E-state index is 4.02. The van der Waals surface area contributed by atoms with Crippen LogP contribution in [0, 0.1) is 0 Å². The van der Waals surface area contributed by atoms with Crippen molar-refractivity contribution in [2.75, 3.05) is 20.6 Å². The zero-order valence-corrected chi connectivity index (χ0v) is 10.5. The predicted octanol–water partition coefficient (Wildman–Crippen LogP) is 1.18. The van der Waals surface area contributed by atoms with Crippen molar-refractivity contribution < 1.29 is 0 Å². The Bertz CT molecular complexity index is 213. The first-order chi connectivity index (χ1) is 7.04. The van der Waals surface area contributed by atoms with Gasteiger partial charge in [-0.05, 0) is 33.7 Å². The van der Waals surface area contributed by atoms with Crippen molar-refractivity contribution in [3.05, 3.63) is 12.3 Å². The van der Waals surface area contributed by atoms with Gasteiger partial charge in [0.15, 0.2) is 0 Å². The highest BCUT2D eigenvalue weighted by atomic mass is 15.2. The monoisotopic (exact) mass is 211 g/mol. The number of nitrogens with zero attached hydrogens (tertiary/aromatic N) is 1. The fourth-order valence-electron chi connectivity index (χ4n) is 1.97.